The van der Waals surface area contributed by atoms with Gasteiger partial charge in [-0.3, -0.25) is 9.59 Å². The molecule has 0 aromatic heterocycles. The number of nitrogens with zero attached hydrogens (tertiary/aromatic N) is 1. The van der Waals surface area contributed by atoms with Crippen LogP contribution in [0.2, 0.25) is 0 Å². The summed E-state index contributed by atoms with van der Waals surface area (Å²) in [6.07, 6.45) is 2.64. The van der Waals surface area contributed by atoms with E-state index in [9.17, 15) is 9.59 Å². The molecule has 0 heterocycles. The summed E-state index contributed by atoms with van der Waals surface area (Å²) in [7, 11) is 0. The first kappa shape index (κ1) is 12.9. The van der Waals surface area contributed by atoms with E-state index in [1.165, 1.54) is 19.1 Å². The zero-order valence-electron chi connectivity index (χ0n) is 9.57. The quantitative estimate of drug-likeness (QED) is 0.644. The van der Waals surface area contributed by atoms with Crippen molar-refractivity contribution >= 4 is 11.7 Å². The monoisotopic (exact) mass is 197 g/mol. The highest BCUT2D eigenvalue weighted by molar-refractivity contribution is 5.96. The van der Waals surface area contributed by atoms with Crippen molar-refractivity contribution in [1.29, 1.82) is 0 Å². The molecule has 0 rings (SSSR count). The van der Waals surface area contributed by atoms with Gasteiger partial charge in [-0.05, 0) is 40.7 Å². The van der Waals surface area contributed by atoms with Gasteiger partial charge in [0.1, 0.15) is 0 Å². The van der Waals surface area contributed by atoms with Gasteiger partial charge in [-0.1, -0.05) is 0 Å². The molecule has 0 radical (unpaired) electrons. The normalized spacial score (nSPS) is 11.4. The number of carbonyl (C=O) groups is 2. The Labute approximate surface area is 85.8 Å². The number of ketones is 1. The second-order valence-electron chi connectivity index (χ2n) is 3.88. The first-order valence-electron chi connectivity index (χ1n) is 4.87. The van der Waals surface area contributed by atoms with E-state index in [0.717, 1.165) is 0 Å². The Hall–Kier alpha value is -1.12. The van der Waals surface area contributed by atoms with Gasteiger partial charge in [-0.25, -0.2) is 0 Å². The standard InChI is InChI=1S/C11H19NO2/c1-8(2)12(9(3)4)11(14)7-6-10(5)13/h6-9H,1-5H3. The molecule has 80 valence electrons. The van der Waals surface area contributed by atoms with Gasteiger partial charge in [0.05, 0.1) is 0 Å². The van der Waals surface area contributed by atoms with E-state index in [0.29, 0.717) is 0 Å². The van der Waals surface area contributed by atoms with Gasteiger partial charge in [-0.15, -0.1) is 0 Å². The van der Waals surface area contributed by atoms with Crippen LogP contribution in [0.3, 0.4) is 0 Å². The van der Waals surface area contributed by atoms with Crippen molar-refractivity contribution in [3.8, 4) is 0 Å². The molecule has 0 aliphatic carbocycles. The van der Waals surface area contributed by atoms with Crippen LogP contribution >= 0.6 is 0 Å². The SMILES string of the molecule is CC(=O)C=CC(=O)N(C(C)C)C(C)C. The van der Waals surface area contributed by atoms with Crippen LogP contribution in [0.25, 0.3) is 0 Å². The Morgan fingerprint density at radius 2 is 1.43 bits per heavy atom. The van der Waals surface area contributed by atoms with Gasteiger partial charge in [-0.2, -0.15) is 0 Å². The largest absolute Gasteiger partial charge is 0.334 e. The predicted molar refractivity (Wildman–Crippen MR) is 56.9 cm³/mol. The summed E-state index contributed by atoms with van der Waals surface area (Å²) in [5.41, 5.74) is 0. The van der Waals surface area contributed by atoms with Gasteiger partial charge in [0, 0.05) is 18.2 Å². The Balaban J connectivity index is 4.53. The van der Waals surface area contributed by atoms with Crippen LogP contribution in [0.15, 0.2) is 12.2 Å². The van der Waals surface area contributed by atoms with Gasteiger partial charge in [0.25, 0.3) is 0 Å². The molecule has 0 saturated heterocycles. The van der Waals surface area contributed by atoms with Crippen molar-refractivity contribution in [2.75, 3.05) is 0 Å². The molecular formula is C11H19NO2. The average molecular weight is 197 g/mol. The van der Waals surface area contributed by atoms with Gasteiger partial charge < -0.3 is 4.90 Å². The molecule has 14 heavy (non-hydrogen) atoms. The Morgan fingerprint density at radius 3 is 1.71 bits per heavy atom. The molecule has 3 heteroatoms. The van der Waals surface area contributed by atoms with Gasteiger partial charge in [0.2, 0.25) is 5.91 Å². The summed E-state index contributed by atoms with van der Waals surface area (Å²) in [6, 6.07) is 0.304. The van der Waals surface area contributed by atoms with Crippen LogP contribution in [-0.2, 0) is 9.59 Å². The number of carbonyl (C=O) groups excluding carboxylic acids is 2. The van der Waals surface area contributed by atoms with Crippen LogP contribution in [0.5, 0.6) is 0 Å². The summed E-state index contributed by atoms with van der Waals surface area (Å²) in [5, 5.41) is 0. The Morgan fingerprint density at radius 1 is 1.00 bits per heavy atom. The van der Waals surface area contributed by atoms with Gasteiger partial charge in [0.15, 0.2) is 5.78 Å². The van der Waals surface area contributed by atoms with Crippen molar-refractivity contribution in [3.05, 3.63) is 12.2 Å². The number of rotatable bonds is 4. The highest BCUT2D eigenvalue weighted by Crippen LogP contribution is 2.05. The zero-order valence-corrected chi connectivity index (χ0v) is 9.57. The minimum atomic E-state index is -0.106. The Kier molecular flexibility index (Phi) is 5.13. The molecule has 1 amide bonds. The van der Waals surface area contributed by atoms with Gasteiger partial charge >= 0.3 is 0 Å². The summed E-state index contributed by atoms with van der Waals surface area (Å²) in [6.45, 7) is 9.26. The second-order valence-corrected chi connectivity index (χ2v) is 3.88. The molecule has 0 aliphatic heterocycles. The van der Waals surface area contributed by atoms with Crippen molar-refractivity contribution < 1.29 is 9.59 Å². The van der Waals surface area contributed by atoms with E-state index >= 15 is 0 Å². The van der Waals surface area contributed by atoms with Crippen LogP contribution in [0.1, 0.15) is 34.6 Å². The maximum atomic E-state index is 11.6. The lowest BCUT2D eigenvalue weighted by atomic mass is 10.2. The zero-order chi connectivity index (χ0) is 11.3. The third-order valence-electron chi connectivity index (χ3n) is 1.83. The average Bonchev–Trinajstić information content (AvgIpc) is 1.99. The third-order valence-corrected chi connectivity index (χ3v) is 1.83. The van der Waals surface area contributed by atoms with Crippen LogP contribution in [-0.4, -0.2) is 28.7 Å². The fraction of sp³-hybridized carbons (Fsp3) is 0.636. The van der Waals surface area contributed by atoms with E-state index in [-0.39, 0.29) is 23.8 Å². The maximum Gasteiger partial charge on any atom is 0.247 e. The highest BCUT2D eigenvalue weighted by Gasteiger charge is 2.17. The van der Waals surface area contributed by atoms with Crippen LogP contribution in [0.4, 0.5) is 0 Å². The molecule has 0 atom stereocenters. The minimum Gasteiger partial charge on any atom is -0.334 e. The van der Waals surface area contributed by atoms with E-state index in [2.05, 4.69) is 0 Å². The van der Waals surface area contributed by atoms with Crippen molar-refractivity contribution in [2.45, 2.75) is 46.7 Å². The maximum absolute atomic E-state index is 11.6. The molecule has 0 aliphatic rings. The van der Waals surface area contributed by atoms with Crippen LogP contribution in [0, 0.1) is 0 Å². The molecule has 0 aromatic carbocycles. The molecule has 0 N–H and O–H groups in total. The lowest BCUT2D eigenvalue weighted by Crippen LogP contribution is -2.41. The predicted octanol–water partition coefficient (Wildman–Crippen LogP) is 1.78. The third kappa shape index (κ3) is 4.21. The first-order chi connectivity index (χ1) is 6.36. The number of hydrogen-bond acceptors (Lipinski definition) is 2. The molecule has 0 bridgehead atoms. The molecule has 3 nitrogen and oxygen atoms in total. The minimum absolute atomic E-state index is 0.106. The molecule has 0 fully saturated rings. The topological polar surface area (TPSA) is 37.4 Å². The lowest BCUT2D eigenvalue weighted by molar-refractivity contribution is -0.129. The van der Waals surface area contributed by atoms with E-state index in [1.807, 2.05) is 27.7 Å². The van der Waals surface area contributed by atoms with E-state index < -0.39 is 0 Å². The highest BCUT2D eigenvalue weighted by atomic mass is 16.2. The number of hydrogen-bond donors (Lipinski definition) is 0. The number of allylic oxidation sites excluding steroid dienone is 1. The van der Waals surface area contributed by atoms with E-state index in [4.69, 9.17) is 0 Å². The Bertz CT molecular complexity index is 234. The molecule has 0 spiro atoms. The molecule has 0 saturated carbocycles. The smallest absolute Gasteiger partial charge is 0.247 e. The fourth-order valence-electron chi connectivity index (χ4n) is 1.38. The summed E-state index contributed by atoms with van der Waals surface area (Å²) >= 11 is 0. The molecule has 0 unspecified atom stereocenters. The summed E-state index contributed by atoms with van der Waals surface area (Å²) in [5.74, 6) is -0.212. The van der Waals surface area contributed by atoms with Crippen molar-refractivity contribution in [3.63, 3.8) is 0 Å². The second kappa shape index (κ2) is 5.58. The molecule has 0 aromatic rings. The van der Waals surface area contributed by atoms with Crippen molar-refractivity contribution in [1.82, 2.24) is 4.90 Å². The fourth-order valence-corrected chi connectivity index (χ4v) is 1.38. The summed E-state index contributed by atoms with van der Waals surface area (Å²) in [4.78, 5) is 24.0. The lowest BCUT2D eigenvalue weighted by Gasteiger charge is -2.29. The molecular weight excluding hydrogens is 178 g/mol. The van der Waals surface area contributed by atoms with Crippen molar-refractivity contribution in [2.24, 2.45) is 0 Å². The summed E-state index contributed by atoms with van der Waals surface area (Å²) < 4.78 is 0. The van der Waals surface area contributed by atoms with E-state index in [1.54, 1.807) is 4.90 Å². The van der Waals surface area contributed by atoms with Crippen LogP contribution < -0.4 is 0 Å². The first-order valence-corrected chi connectivity index (χ1v) is 4.87. The number of amides is 1.